The van der Waals surface area contributed by atoms with Crippen molar-refractivity contribution in [3.8, 4) is 0 Å². The minimum atomic E-state index is 0.485. The van der Waals surface area contributed by atoms with Crippen molar-refractivity contribution < 1.29 is 0 Å². The van der Waals surface area contributed by atoms with Gasteiger partial charge in [-0.2, -0.15) is 0 Å². The number of rotatable bonds is 5. The topological polar surface area (TPSA) is 24.9 Å². The number of pyridine rings is 1. The van der Waals surface area contributed by atoms with Gasteiger partial charge in [-0.15, -0.1) is 11.3 Å². The first-order chi connectivity index (χ1) is 10.3. The molecule has 0 spiro atoms. The largest absolute Gasteiger partial charge is 0.316 e. The summed E-state index contributed by atoms with van der Waals surface area (Å²) in [5.41, 5.74) is 4.10. The second-order valence-corrected chi connectivity index (χ2v) is 6.91. The Hall–Kier alpha value is -1.19. The lowest BCUT2D eigenvalue weighted by molar-refractivity contribution is 0.411. The van der Waals surface area contributed by atoms with E-state index in [2.05, 4.69) is 47.9 Å². The van der Waals surface area contributed by atoms with E-state index < -0.39 is 0 Å². The zero-order chi connectivity index (χ0) is 14.7. The number of nitrogens with zero attached hydrogens (tertiary/aromatic N) is 1. The van der Waals surface area contributed by atoms with Crippen molar-refractivity contribution in [1.82, 2.24) is 10.3 Å². The van der Waals surface area contributed by atoms with Crippen molar-refractivity contribution in [2.75, 3.05) is 7.05 Å². The average molecular weight is 300 g/mol. The molecule has 0 saturated heterocycles. The van der Waals surface area contributed by atoms with Crippen LogP contribution in [0.2, 0.25) is 0 Å². The highest BCUT2D eigenvalue weighted by Crippen LogP contribution is 2.37. The van der Waals surface area contributed by atoms with Gasteiger partial charge < -0.3 is 5.32 Å². The van der Waals surface area contributed by atoms with Crippen LogP contribution in [0.25, 0.3) is 0 Å². The van der Waals surface area contributed by atoms with Crippen LogP contribution in [-0.4, -0.2) is 18.1 Å². The van der Waals surface area contributed by atoms with Crippen LogP contribution in [0.1, 0.15) is 47.4 Å². The highest BCUT2D eigenvalue weighted by Gasteiger charge is 2.28. The molecular formula is C18H24N2S. The van der Waals surface area contributed by atoms with Gasteiger partial charge in [0.2, 0.25) is 0 Å². The quantitative estimate of drug-likeness (QED) is 0.904. The summed E-state index contributed by atoms with van der Waals surface area (Å²) >= 11 is 1.92. The molecule has 0 aliphatic heterocycles. The SMILES string of the molecule is CCc1ccc(CC(NC)C2CCCc3sccc32)nc1. The van der Waals surface area contributed by atoms with E-state index in [-0.39, 0.29) is 0 Å². The highest BCUT2D eigenvalue weighted by atomic mass is 32.1. The van der Waals surface area contributed by atoms with Crippen LogP contribution in [-0.2, 0) is 19.3 Å². The third-order valence-corrected chi connectivity index (χ3v) is 5.67. The molecule has 1 N–H and O–H groups in total. The monoisotopic (exact) mass is 300 g/mol. The van der Waals surface area contributed by atoms with Crippen LogP contribution in [0.3, 0.4) is 0 Å². The predicted molar refractivity (Wildman–Crippen MR) is 90.2 cm³/mol. The summed E-state index contributed by atoms with van der Waals surface area (Å²) in [5.74, 6) is 0.637. The molecule has 3 heteroatoms. The predicted octanol–water partition coefficient (Wildman–Crippen LogP) is 3.96. The summed E-state index contributed by atoms with van der Waals surface area (Å²) < 4.78 is 0. The van der Waals surface area contributed by atoms with Gasteiger partial charge in [-0.3, -0.25) is 4.98 Å². The summed E-state index contributed by atoms with van der Waals surface area (Å²) in [6.07, 6.45) is 7.98. The molecule has 112 valence electrons. The summed E-state index contributed by atoms with van der Waals surface area (Å²) in [6.45, 7) is 2.17. The maximum absolute atomic E-state index is 4.64. The molecule has 0 radical (unpaired) electrons. The number of hydrogen-bond acceptors (Lipinski definition) is 3. The normalized spacial score (nSPS) is 19.2. The Bertz CT molecular complexity index is 573. The lowest BCUT2D eigenvalue weighted by atomic mass is 9.81. The van der Waals surface area contributed by atoms with Gasteiger partial charge in [-0.25, -0.2) is 0 Å². The first kappa shape index (κ1) is 14.7. The Kier molecular flexibility index (Phi) is 4.71. The Morgan fingerprint density at radius 3 is 3.00 bits per heavy atom. The minimum absolute atomic E-state index is 0.485. The third kappa shape index (κ3) is 3.19. The fourth-order valence-corrected chi connectivity index (χ4v) is 4.39. The van der Waals surface area contributed by atoms with Crippen LogP contribution in [0.5, 0.6) is 0 Å². The second kappa shape index (κ2) is 6.71. The second-order valence-electron chi connectivity index (χ2n) is 5.91. The Balaban J connectivity index is 1.76. The van der Waals surface area contributed by atoms with Gasteiger partial charge in [-0.05, 0) is 61.4 Å². The van der Waals surface area contributed by atoms with E-state index in [1.54, 1.807) is 10.4 Å². The van der Waals surface area contributed by atoms with Crippen LogP contribution in [0.4, 0.5) is 0 Å². The van der Waals surface area contributed by atoms with Gasteiger partial charge in [0, 0.05) is 35.1 Å². The minimum Gasteiger partial charge on any atom is -0.316 e. The summed E-state index contributed by atoms with van der Waals surface area (Å²) in [7, 11) is 2.09. The molecule has 2 atom stereocenters. The molecular weight excluding hydrogens is 276 g/mol. The molecule has 2 nitrogen and oxygen atoms in total. The summed E-state index contributed by atoms with van der Waals surface area (Å²) in [4.78, 5) is 6.24. The first-order valence-corrected chi connectivity index (χ1v) is 8.87. The van der Waals surface area contributed by atoms with E-state index >= 15 is 0 Å². The van der Waals surface area contributed by atoms with E-state index in [9.17, 15) is 0 Å². The molecule has 2 heterocycles. The Labute approximate surface area is 131 Å². The molecule has 21 heavy (non-hydrogen) atoms. The van der Waals surface area contributed by atoms with Gasteiger partial charge >= 0.3 is 0 Å². The lowest BCUT2D eigenvalue weighted by Crippen LogP contribution is -2.35. The molecule has 2 aromatic rings. The van der Waals surface area contributed by atoms with E-state index in [0.29, 0.717) is 12.0 Å². The van der Waals surface area contributed by atoms with Crippen LogP contribution in [0, 0.1) is 0 Å². The summed E-state index contributed by atoms with van der Waals surface area (Å²) in [5, 5.41) is 5.80. The van der Waals surface area contributed by atoms with Gasteiger partial charge in [0.05, 0.1) is 0 Å². The molecule has 0 bridgehead atoms. The van der Waals surface area contributed by atoms with Gasteiger partial charge in [0.1, 0.15) is 0 Å². The molecule has 2 aromatic heterocycles. The van der Waals surface area contributed by atoms with E-state index in [1.807, 2.05) is 17.5 Å². The van der Waals surface area contributed by atoms with Crippen LogP contribution >= 0.6 is 11.3 Å². The van der Waals surface area contributed by atoms with E-state index in [4.69, 9.17) is 0 Å². The molecule has 2 unspecified atom stereocenters. The van der Waals surface area contributed by atoms with Crippen molar-refractivity contribution in [1.29, 1.82) is 0 Å². The number of thiophene rings is 1. The first-order valence-electron chi connectivity index (χ1n) is 7.99. The number of fused-ring (bicyclic) bond motifs is 1. The van der Waals surface area contributed by atoms with Gasteiger partial charge in [0.25, 0.3) is 0 Å². The van der Waals surface area contributed by atoms with Crippen molar-refractivity contribution in [3.63, 3.8) is 0 Å². The zero-order valence-electron chi connectivity index (χ0n) is 12.9. The Morgan fingerprint density at radius 2 is 2.29 bits per heavy atom. The molecule has 0 saturated carbocycles. The number of aryl methyl sites for hydroxylation is 2. The summed E-state index contributed by atoms with van der Waals surface area (Å²) in [6, 6.07) is 7.23. The number of likely N-dealkylation sites (N-methyl/N-ethyl adjacent to an activating group) is 1. The van der Waals surface area contributed by atoms with Crippen LogP contribution in [0.15, 0.2) is 29.8 Å². The average Bonchev–Trinajstić information content (AvgIpc) is 3.02. The smallest absolute Gasteiger partial charge is 0.0419 e. The number of aromatic nitrogens is 1. The van der Waals surface area contributed by atoms with Crippen molar-refractivity contribution >= 4 is 11.3 Å². The maximum atomic E-state index is 4.64. The standard InChI is InChI=1S/C18H24N2S/c1-3-13-7-8-14(20-12-13)11-17(19-2)15-5-4-6-18-16(15)9-10-21-18/h7-10,12,15,17,19H,3-6,11H2,1-2H3. The molecule has 0 fully saturated rings. The van der Waals surface area contributed by atoms with Crippen LogP contribution < -0.4 is 5.32 Å². The van der Waals surface area contributed by atoms with Crippen molar-refractivity contribution in [2.24, 2.45) is 0 Å². The maximum Gasteiger partial charge on any atom is 0.0419 e. The lowest BCUT2D eigenvalue weighted by Gasteiger charge is -2.30. The van der Waals surface area contributed by atoms with E-state index in [0.717, 1.165) is 12.8 Å². The fourth-order valence-electron chi connectivity index (χ4n) is 3.40. The molecule has 1 aliphatic rings. The van der Waals surface area contributed by atoms with Gasteiger partial charge in [-0.1, -0.05) is 13.0 Å². The Morgan fingerprint density at radius 1 is 1.38 bits per heavy atom. The van der Waals surface area contributed by atoms with Gasteiger partial charge in [0.15, 0.2) is 0 Å². The van der Waals surface area contributed by atoms with E-state index in [1.165, 1.54) is 30.5 Å². The zero-order valence-corrected chi connectivity index (χ0v) is 13.7. The van der Waals surface area contributed by atoms with Crippen molar-refractivity contribution in [2.45, 2.75) is 51.0 Å². The fraction of sp³-hybridized carbons (Fsp3) is 0.500. The molecule has 0 aromatic carbocycles. The van der Waals surface area contributed by atoms with Crippen molar-refractivity contribution in [3.05, 3.63) is 51.5 Å². The molecule has 1 aliphatic carbocycles. The third-order valence-electron chi connectivity index (χ3n) is 4.68. The molecule has 0 amide bonds. The highest BCUT2D eigenvalue weighted by molar-refractivity contribution is 7.10. The molecule has 3 rings (SSSR count). The number of nitrogens with one attached hydrogen (secondary N) is 1. The number of hydrogen-bond donors (Lipinski definition) is 1.